The summed E-state index contributed by atoms with van der Waals surface area (Å²) in [6.45, 7) is 7.43. The minimum Gasteiger partial charge on any atom is -0.341 e. The largest absolute Gasteiger partial charge is 0.341 e. The van der Waals surface area contributed by atoms with Crippen LogP contribution in [0.5, 0.6) is 0 Å². The lowest BCUT2D eigenvalue weighted by atomic mass is 9.89. The SMILES string of the molecule is CC1CCN(C(=O)[C@@H]2C[C@H](N3CCC(c4ccccc4)CC3)CN2)C1. The highest BCUT2D eigenvalue weighted by Gasteiger charge is 2.37. The summed E-state index contributed by atoms with van der Waals surface area (Å²) in [6, 6.07) is 11.5. The fraction of sp³-hybridized carbons (Fsp3) is 0.667. The van der Waals surface area contributed by atoms with Crippen molar-refractivity contribution in [1.82, 2.24) is 15.1 Å². The van der Waals surface area contributed by atoms with Crippen LogP contribution in [0.1, 0.15) is 44.1 Å². The number of carbonyl (C=O) groups excluding carboxylic acids is 1. The number of nitrogens with one attached hydrogen (secondary N) is 1. The molecular formula is C21H31N3O. The van der Waals surface area contributed by atoms with E-state index in [0.717, 1.165) is 45.6 Å². The number of piperidine rings is 1. The lowest BCUT2D eigenvalue weighted by molar-refractivity contribution is -0.132. The van der Waals surface area contributed by atoms with E-state index in [1.165, 1.54) is 18.4 Å². The van der Waals surface area contributed by atoms with Crippen LogP contribution in [0.15, 0.2) is 30.3 Å². The minimum absolute atomic E-state index is 0.0437. The van der Waals surface area contributed by atoms with Crippen LogP contribution in [0.4, 0.5) is 0 Å². The maximum atomic E-state index is 12.7. The second-order valence-corrected chi connectivity index (χ2v) is 8.25. The number of hydrogen-bond donors (Lipinski definition) is 1. The molecule has 4 nitrogen and oxygen atoms in total. The van der Waals surface area contributed by atoms with Crippen molar-refractivity contribution in [2.45, 2.75) is 50.6 Å². The van der Waals surface area contributed by atoms with Gasteiger partial charge in [0.25, 0.3) is 0 Å². The van der Waals surface area contributed by atoms with Gasteiger partial charge in [0, 0.05) is 25.7 Å². The Labute approximate surface area is 151 Å². The molecule has 1 unspecified atom stereocenters. The maximum Gasteiger partial charge on any atom is 0.239 e. The summed E-state index contributed by atoms with van der Waals surface area (Å²) in [4.78, 5) is 17.4. The molecule has 4 heteroatoms. The maximum absolute atomic E-state index is 12.7. The predicted molar refractivity (Wildman–Crippen MR) is 101 cm³/mol. The summed E-state index contributed by atoms with van der Waals surface area (Å²) in [5.74, 6) is 1.71. The zero-order valence-electron chi connectivity index (χ0n) is 15.4. The van der Waals surface area contributed by atoms with Gasteiger partial charge in [-0.3, -0.25) is 9.69 Å². The molecule has 0 radical (unpaired) electrons. The normalized spacial score (nSPS) is 31.6. The van der Waals surface area contributed by atoms with Crippen molar-refractivity contribution in [1.29, 1.82) is 0 Å². The van der Waals surface area contributed by atoms with Crippen LogP contribution < -0.4 is 5.32 Å². The van der Waals surface area contributed by atoms with Crippen LogP contribution in [0, 0.1) is 5.92 Å². The first-order chi connectivity index (χ1) is 12.2. The predicted octanol–water partition coefficient (Wildman–Crippen LogP) is 2.46. The summed E-state index contributed by atoms with van der Waals surface area (Å²) in [6.07, 6.45) is 4.63. The number of hydrogen-bond acceptors (Lipinski definition) is 3. The van der Waals surface area contributed by atoms with E-state index in [0.29, 0.717) is 23.8 Å². The van der Waals surface area contributed by atoms with Crippen LogP contribution >= 0.6 is 0 Å². The minimum atomic E-state index is 0.0437. The Hall–Kier alpha value is -1.39. The monoisotopic (exact) mass is 341 g/mol. The molecule has 1 amide bonds. The molecule has 0 bridgehead atoms. The smallest absolute Gasteiger partial charge is 0.239 e. The average molecular weight is 341 g/mol. The zero-order valence-corrected chi connectivity index (χ0v) is 15.4. The van der Waals surface area contributed by atoms with Crippen molar-refractivity contribution in [2.24, 2.45) is 5.92 Å². The van der Waals surface area contributed by atoms with Gasteiger partial charge in [0.05, 0.1) is 6.04 Å². The third kappa shape index (κ3) is 3.75. The number of carbonyl (C=O) groups is 1. The van der Waals surface area contributed by atoms with E-state index in [4.69, 9.17) is 0 Å². The van der Waals surface area contributed by atoms with Crippen molar-refractivity contribution in [2.75, 3.05) is 32.7 Å². The summed E-state index contributed by atoms with van der Waals surface area (Å²) in [5.41, 5.74) is 1.49. The van der Waals surface area contributed by atoms with Crippen LogP contribution in [0.25, 0.3) is 0 Å². The van der Waals surface area contributed by atoms with E-state index < -0.39 is 0 Å². The van der Waals surface area contributed by atoms with Gasteiger partial charge in [0.1, 0.15) is 0 Å². The van der Waals surface area contributed by atoms with E-state index in [1.807, 2.05) is 0 Å². The van der Waals surface area contributed by atoms with Crippen LogP contribution in [-0.4, -0.2) is 60.5 Å². The van der Waals surface area contributed by atoms with Gasteiger partial charge in [-0.2, -0.15) is 0 Å². The van der Waals surface area contributed by atoms with Gasteiger partial charge < -0.3 is 10.2 Å². The van der Waals surface area contributed by atoms with Crippen molar-refractivity contribution >= 4 is 5.91 Å². The van der Waals surface area contributed by atoms with E-state index >= 15 is 0 Å². The molecule has 0 aromatic heterocycles. The second kappa shape index (κ2) is 7.46. The highest BCUT2D eigenvalue weighted by molar-refractivity contribution is 5.82. The number of rotatable bonds is 3. The van der Waals surface area contributed by atoms with Gasteiger partial charge in [-0.25, -0.2) is 0 Å². The first kappa shape index (κ1) is 17.0. The Morgan fingerprint density at radius 1 is 1.08 bits per heavy atom. The lowest BCUT2D eigenvalue weighted by Crippen LogP contribution is -2.42. The molecular weight excluding hydrogens is 310 g/mol. The summed E-state index contributed by atoms with van der Waals surface area (Å²) in [7, 11) is 0. The van der Waals surface area contributed by atoms with Gasteiger partial charge >= 0.3 is 0 Å². The lowest BCUT2D eigenvalue weighted by Gasteiger charge is -2.36. The Morgan fingerprint density at radius 2 is 1.84 bits per heavy atom. The number of benzene rings is 1. The zero-order chi connectivity index (χ0) is 17.2. The molecule has 3 aliphatic rings. The topological polar surface area (TPSA) is 35.6 Å². The highest BCUT2D eigenvalue weighted by atomic mass is 16.2. The summed E-state index contributed by atoms with van der Waals surface area (Å²) >= 11 is 0. The fourth-order valence-electron chi connectivity index (χ4n) is 4.86. The van der Waals surface area contributed by atoms with Crippen molar-refractivity contribution < 1.29 is 4.79 Å². The molecule has 0 aliphatic carbocycles. The Balaban J connectivity index is 1.28. The van der Waals surface area contributed by atoms with Gasteiger partial charge in [-0.05, 0) is 56.2 Å². The van der Waals surface area contributed by atoms with E-state index in [2.05, 4.69) is 52.4 Å². The number of nitrogens with zero attached hydrogens (tertiary/aromatic N) is 2. The molecule has 1 aromatic rings. The molecule has 3 saturated heterocycles. The molecule has 1 N–H and O–H groups in total. The van der Waals surface area contributed by atoms with Gasteiger partial charge in [-0.15, -0.1) is 0 Å². The first-order valence-electron chi connectivity index (χ1n) is 10.0. The molecule has 3 fully saturated rings. The van der Waals surface area contributed by atoms with Gasteiger partial charge in [0.15, 0.2) is 0 Å². The highest BCUT2D eigenvalue weighted by Crippen LogP contribution is 2.30. The molecule has 0 saturated carbocycles. The number of likely N-dealkylation sites (tertiary alicyclic amines) is 2. The second-order valence-electron chi connectivity index (χ2n) is 8.25. The quantitative estimate of drug-likeness (QED) is 0.917. The van der Waals surface area contributed by atoms with Crippen LogP contribution in [0.3, 0.4) is 0 Å². The number of amides is 1. The van der Waals surface area contributed by atoms with Gasteiger partial charge in [-0.1, -0.05) is 37.3 Å². The van der Waals surface area contributed by atoms with Crippen molar-refractivity contribution in [3.63, 3.8) is 0 Å². The molecule has 1 aromatic carbocycles. The van der Waals surface area contributed by atoms with Crippen molar-refractivity contribution in [3.8, 4) is 0 Å². The molecule has 3 heterocycles. The van der Waals surface area contributed by atoms with Crippen LogP contribution in [0.2, 0.25) is 0 Å². The average Bonchev–Trinajstić information content (AvgIpc) is 3.31. The third-order valence-corrected chi connectivity index (χ3v) is 6.46. The third-order valence-electron chi connectivity index (χ3n) is 6.46. The fourth-order valence-corrected chi connectivity index (χ4v) is 4.86. The standard InChI is InChI=1S/C21H31N3O/c1-16-7-10-24(15-16)21(25)20-13-19(14-22-20)23-11-8-18(9-12-23)17-5-3-2-4-6-17/h2-6,16,18-20,22H,7-15H2,1H3/t16?,19-,20-/m0/s1. The van der Waals surface area contributed by atoms with Crippen LogP contribution in [-0.2, 0) is 4.79 Å². The van der Waals surface area contributed by atoms with Gasteiger partial charge in [0.2, 0.25) is 5.91 Å². The molecule has 4 rings (SSSR count). The molecule has 3 atom stereocenters. The van der Waals surface area contributed by atoms with E-state index in [9.17, 15) is 4.79 Å². The van der Waals surface area contributed by atoms with E-state index in [-0.39, 0.29) is 6.04 Å². The van der Waals surface area contributed by atoms with Crippen molar-refractivity contribution in [3.05, 3.63) is 35.9 Å². The molecule has 136 valence electrons. The Morgan fingerprint density at radius 3 is 2.52 bits per heavy atom. The summed E-state index contributed by atoms with van der Waals surface area (Å²) < 4.78 is 0. The molecule has 25 heavy (non-hydrogen) atoms. The molecule has 0 spiro atoms. The molecule has 3 aliphatic heterocycles. The first-order valence-corrected chi connectivity index (χ1v) is 10.0. The summed E-state index contributed by atoms with van der Waals surface area (Å²) in [5, 5.41) is 3.51. The Kier molecular flexibility index (Phi) is 5.09. The van der Waals surface area contributed by atoms with E-state index in [1.54, 1.807) is 0 Å². The Bertz CT molecular complexity index is 582.